The first kappa shape index (κ1) is 32.0. The molecule has 0 bridgehead atoms. The number of ether oxygens (including phenoxy) is 1. The average Bonchev–Trinajstić information content (AvgIpc) is 2.83. The Morgan fingerprint density at radius 2 is 1.68 bits per heavy atom. The van der Waals surface area contributed by atoms with E-state index in [2.05, 4.69) is 125 Å². The number of aliphatic hydroxyl groups excluding tert-OH is 1. The van der Waals surface area contributed by atoms with E-state index in [1.807, 2.05) is 6.08 Å². The minimum absolute atomic E-state index is 0.0434. The van der Waals surface area contributed by atoms with Gasteiger partial charge in [0, 0.05) is 30.6 Å². The largest absolute Gasteiger partial charge is 0.497 e. The van der Waals surface area contributed by atoms with Crippen molar-refractivity contribution in [2.45, 2.75) is 101 Å². The fourth-order valence-electron chi connectivity index (χ4n) is 6.18. The summed E-state index contributed by atoms with van der Waals surface area (Å²) in [6, 6.07) is 13.8. The topological polar surface area (TPSA) is 32.7 Å². The van der Waals surface area contributed by atoms with Gasteiger partial charge in [0.2, 0.25) is 0 Å². The summed E-state index contributed by atoms with van der Waals surface area (Å²) in [5.74, 6) is 0.883. The number of aliphatic hydroxyl groups is 1. The van der Waals surface area contributed by atoms with Gasteiger partial charge in [0.15, 0.2) is 0 Å². The van der Waals surface area contributed by atoms with Gasteiger partial charge in [-0.05, 0) is 85.4 Å². The van der Waals surface area contributed by atoms with Crippen LogP contribution in [-0.4, -0.2) is 31.9 Å². The molecule has 1 aliphatic rings. The molecule has 0 amide bonds. The zero-order valence-electron chi connectivity index (χ0n) is 27.5. The Hall–Kier alpha value is -2.52. The number of hydrogen-bond acceptors (Lipinski definition) is 3. The maximum atomic E-state index is 10.9. The number of benzene rings is 2. The first-order chi connectivity index (χ1) is 18.5. The predicted molar refractivity (Wildman–Crippen MR) is 173 cm³/mol. The minimum atomic E-state index is -0.566. The quantitative estimate of drug-likeness (QED) is 0.238. The Kier molecular flexibility index (Phi) is 9.72. The molecule has 220 valence electrons. The van der Waals surface area contributed by atoms with Gasteiger partial charge >= 0.3 is 0 Å². The summed E-state index contributed by atoms with van der Waals surface area (Å²) >= 11 is 0. The summed E-state index contributed by atoms with van der Waals surface area (Å²) in [5.41, 5.74) is 10.5. The summed E-state index contributed by atoms with van der Waals surface area (Å²) < 4.78 is 6.78. The van der Waals surface area contributed by atoms with E-state index in [-0.39, 0.29) is 16.2 Å². The highest BCUT2D eigenvalue weighted by Crippen LogP contribution is 2.53. The molecule has 3 heteroatoms. The number of rotatable bonds is 10. The average molecular weight is 546 g/mol. The monoisotopic (exact) mass is 545 g/mol. The fourth-order valence-corrected chi connectivity index (χ4v) is 6.18. The van der Waals surface area contributed by atoms with Crippen LogP contribution < -0.4 is 4.90 Å². The van der Waals surface area contributed by atoms with Crippen LogP contribution in [0.15, 0.2) is 59.4 Å². The summed E-state index contributed by atoms with van der Waals surface area (Å²) in [7, 11) is 4.20. The number of allylic oxidation sites excluding steroid dienone is 2. The highest BCUT2D eigenvalue weighted by molar-refractivity contribution is 5.72. The molecule has 0 spiro atoms. The fraction of sp³-hybridized carbons (Fsp3) is 0.568. The summed E-state index contributed by atoms with van der Waals surface area (Å²) in [4.78, 5) is 2.18. The Labute approximate surface area is 245 Å². The van der Waals surface area contributed by atoms with Crippen molar-refractivity contribution < 1.29 is 9.84 Å². The maximum absolute atomic E-state index is 10.9. The van der Waals surface area contributed by atoms with Crippen molar-refractivity contribution in [1.29, 1.82) is 0 Å². The third-order valence-corrected chi connectivity index (χ3v) is 8.62. The lowest BCUT2D eigenvalue weighted by Gasteiger charge is -2.47. The molecule has 0 aromatic heterocycles. The van der Waals surface area contributed by atoms with Crippen LogP contribution in [0, 0.1) is 30.1 Å². The molecule has 0 saturated carbocycles. The van der Waals surface area contributed by atoms with Crippen molar-refractivity contribution in [3.05, 3.63) is 76.1 Å². The molecule has 2 aromatic rings. The Morgan fingerprint density at radius 1 is 1.00 bits per heavy atom. The van der Waals surface area contributed by atoms with E-state index >= 15 is 0 Å². The van der Waals surface area contributed by atoms with Crippen LogP contribution in [0.4, 0.5) is 5.69 Å². The van der Waals surface area contributed by atoms with Gasteiger partial charge in [-0.3, -0.25) is 0 Å². The Morgan fingerprint density at radius 3 is 2.20 bits per heavy atom. The van der Waals surface area contributed by atoms with Crippen LogP contribution >= 0.6 is 0 Å². The molecule has 1 aliphatic carbocycles. The second-order valence-electron chi connectivity index (χ2n) is 14.4. The van der Waals surface area contributed by atoms with Gasteiger partial charge in [-0.2, -0.15) is 0 Å². The van der Waals surface area contributed by atoms with Crippen molar-refractivity contribution in [2.24, 2.45) is 16.2 Å². The van der Waals surface area contributed by atoms with E-state index in [9.17, 15) is 5.11 Å². The number of anilines is 1. The number of nitrogens with zero attached hydrogens (tertiary/aromatic N) is 1. The summed E-state index contributed by atoms with van der Waals surface area (Å²) in [6.07, 6.45) is 5.55. The van der Waals surface area contributed by atoms with Crippen LogP contribution in [-0.2, 0) is 11.2 Å². The molecule has 2 atom stereocenters. The lowest BCUT2D eigenvalue weighted by molar-refractivity contribution is 0.0531. The van der Waals surface area contributed by atoms with Gasteiger partial charge in [-0.15, -0.1) is 0 Å². The Bertz CT molecular complexity index is 1250. The van der Waals surface area contributed by atoms with E-state index in [0.29, 0.717) is 6.61 Å². The second kappa shape index (κ2) is 12.1. The van der Waals surface area contributed by atoms with Gasteiger partial charge in [0.25, 0.3) is 0 Å². The molecule has 2 aromatic carbocycles. The molecule has 40 heavy (non-hydrogen) atoms. The van der Waals surface area contributed by atoms with E-state index in [1.54, 1.807) is 11.1 Å². The first-order valence-corrected chi connectivity index (χ1v) is 15.1. The molecule has 0 radical (unpaired) electrons. The van der Waals surface area contributed by atoms with Crippen LogP contribution in [0.25, 0.3) is 11.1 Å². The second-order valence-corrected chi connectivity index (χ2v) is 14.4. The third-order valence-electron chi connectivity index (χ3n) is 8.62. The zero-order valence-corrected chi connectivity index (χ0v) is 27.5. The van der Waals surface area contributed by atoms with E-state index in [0.717, 1.165) is 31.4 Å². The maximum Gasteiger partial charge on any atom is 0.0999 e. The van der Waals surface area contributed by atoms with Crippen molar-refractivity contribution >= 4 is 5.69 Å². The molecule has 3 nitrogen and oxygen atoms in total. The summed E-state index contributed by atoms with van der Waals surface area (Å²) in [6.45, 7) is 22.3. The number of aryl methyl sites for hydroxylation is 2. The SMILES string of the molecule is CCC1=C(CC)[C@@](CO/C(=C\C(O)C(C)(C)C)C(C)(C)C)(Cc2cc(C)ccc2-c2ccc(N(C)C)c(C)c2)C1. The van der Waals surface area contributed by atoms with Crippen molar-refractivity contribution in [1.82, 2.24) is 0 Å². The van der Waals surface area contributed by atoms with Gasteiger partial charge in [-0.1, -0.05) is 96.4 Å². The van der Waals surface area contributed by atoms with Crippen LogP contribution in [0.5, 0.6) is 0 Å². The van der Waals surface area contributed by atoms with Crippen LogP contribution in [0.1, 0.15) is 91.3 Å². The highest BCUT2D eigenvalue weighted by atomic mass is 16.5. The van der Waals surface area contributed by atoms with E-state index in [4.69, 9.17) is 4.74 Å². The zero-order chi connectivity index (χ0) is 30.0. The van der Waals surface area contributed by atoms with Crippen LogP contribution in [0.2, 0.25) is 0 Å². The standard InChI is InChI=1S/C37H55NO2/c1-13-27-22-37(31(27)14-2,24-40-34(36(8,9)10)21-33(39)35(5,6)7)23-29-19-25(3)15-17-30(29)28-16-18-32(38(11)12)26(4)20-28/h15-21,33,39H,13-14,22-24H2,1-12H3/b34-21-/t33?,37-/m1/s1. The predicted octanol–water partition coefficient (Wildman–Crippen LogP) is 9.44. The first-order valence-electron chi connectivity index (χ1n) is 15.1. The van der Waals surface area contributed by atoms with E-state index in [1.165, 1.54) is 33.5 Å². The molecular weight excluding hydrogens is 490 g/mol. The van der Waals surface area contributed by atoms with Gasteiger partial charge in [0.1, 0.15) is 0 Å². The molecular formula is C37H55NO2. The minimum Gasteiger partial charge on any atom is -0.497 e. The lowest BCUT2D eigenvalue weighted by atomic mass is 9.59. The third kappa shape index (κ3) is 7.03. The van der Waals surface area contributed by atoms with Crippen molar-refractivity contribution in [3.8, 4) is 11.1 Å². The van der Waals surface area contributed by atoms with Crippen molar-refractivity contribution in [3.63, 3.8) is 0 Å². The summed E-state index contributed by atoms with van der Waals surface area (Å²) in [5, 5.41) is 10.9. The molecule has 0 heterocycles. The number of hydrogen-bond donors (Lipinski definition) is 1. The molecule has 0 saturated heterocycles. The van der Waals surface area contributed by atoms with Gasteiger partial charge in [-0.25, -0.2) is 0 Å². The molecule has 1 unspecified atom stereocenters. The van der Waals surface area contributed by atoms with E-state index < -0.39 is 6.10 Å². The highest BCUT2D eigenvalue weighted by Gasteiger charge is 2.45. The smallest absolute Gasteiger partial charge is 0.0999 e. The Balaban J connectivity index is 2.05. The van der Waals surface area contributed by atoms with Crippen LogP contribution in [0.3, 0.4) is 0 Å². The van der Waals surface area contributed by atoms with Gasteiger partial charge < -0.3 is 14.7 Å². The van der Waals surface area contributed by atoms with Gasteiger partial charge in [0.05, 0.1) is 18.5 Å². The lowest BCUT2D eigenvalue weighted by Crippen LogP contribution is -2.41. The normalized spacial score (nSPS) is 19.0. The molecule has 0 aliphatic heterocycles. The van der Waals surface area contributed by atoms with Crippen molar-refractivity contribution in [2.75, 3.05) is 25.6 Å². The molecule has 1 N–H and O–H groups in total. The molecule has 3 rings (SSSR count). The molecule has 0 fully saturated rings.